The maximum atomic E-state index is 3.62. The summed E-state index contributed by atoms with van der Waals surface area (Å²) < 4.78 is 0. The summed E-state index contributed by atoms with van der Waals surface area (Å²) in [6, 6.07) is 18.1. The van der Waals surface area contributed by atoms with Gasteiger partial charge in [0.25, 0.3) is 0 Å². The Bertz CT molecular complexity index is 567. The number of hydrogen-bond donors (Lipinski definition) is 1. The quantitative estimate of drug-likeness (QED) is 0.824. The summed E-state index contributed by atoms with van der Waals surface area (Å²) >= 11 is 0. The van der Waals surface area contributed by atoms with Crippen LogP contribution in [0.1, 0.15) is 54.0 Å². The van der Waals surface area contributed by atoms with E-state index in [2.05, 4.69) is 67.7 Å². The first kappa shape index (κ1) is 13.4. The van der Waals surface area contributed by atoms with E-state index in [1.165, 1.54) is 35.1 Å². The molecule has 0 aliphatic heterocycles. The lowest BCUT2D eigenvalue weighted by Gasteiger charge is -2.16. The van der Waals surface area contributed by atoms with Crippen LogP contribution in [0.3, 0.4) is 0 Å². The standard InChI is InChI=1S/C19H23N/c1-14-5-3-4-6-19(14)15(2)20-13-16-7-9-17(10-8-16)18-11-12-18/h3-10,15,18,20H,11-13H2,1-2H3. The van der Waals surface area contributed by atoms with E-state index < -0.39 is 0 Å². The molecule has 104 valence electrons. The van der Waals surface area contributed by atoms with Crippen LogP contribution in [0.2, 0.25) is 0 Å². The molecule has 0 bridgehead atoms. The third-order valence-corrected chi connectivity index (χ3v) is 4.30. The van der Waals surface area contributed by atoms with Crippen LogP contribution < -0.4 is 5.32 Å². The van der Waals surface area contributed by atoms with Gasteiger partial charge in [0.2, 0.25) is 0 Å². The van der Waals surface area contributed by atoms with Crippen LogP contribution in [0.5, 0.6) is 0 Å². The minimum Gasteiger partial charge on any atom is -0.306 e. The smallest absolute Gasteiger partial charge is 0.0297 e. The van der Waals surface area contributed by atoms with Crippen LogP contribution >= 0.6 is 0 Å². The third-order valence-electron chi connectivity index (χ3n) is 4.30. The van der Waals surface area contributed by atoms with Crippen LogP contribution in [-0.4, -0.2) is 0 Å². The number of hydrogen-bond acceptors (Lipinski definition) is 1. The van der Waals surface area contributed by atoms with Gasteiger partial charge in [-0.15, -0.1) is 0 Å². The van der Waals surface area contributed by atoms with Crippen molar-refractivity contribution >= 4 is 0 Å². The predicted octanol–water partition coefficient (Wildman–Crippen LogP) is 4.72. The molecule has 1 aliphatic carbocycles. The molecule has 20 heavy (non-hydrogen) atoms. The molecule has 0 saturated heterocycles. The van der Waals surface area contributed by atoms with Gasteiger partial charge in [0.1, 0.15) is 0 Å². The van der Waals surface area contributed by atoms with E-state index >= 15 is 0 Å². The van der Waals surface area contributed by atoms with Gasteiger partial charge in [-0.1, -0.05) is 48.5 Å². The highest BCUT2D eigenvalue weighted by Gasteiger charge is 2.22. The molecule has 1 N–H and O–H groups in total. The van der Waals surface area contributed by atoms with E-state index in [-0.39, 0.29) is 0 Å². The third kappa shape index (κ3) is 3.10. The molecule has 1 nitrogen and oxygen atoms in total. The minimum atomic E-state index is 0.388. The van der Waals surface area contributed by atoms with E-state index in [1.807, 2.05) is 0 Å². The fraction of sp³-hybridized carbons (Fsp3) is 0.368. The first-order valence-corrected chi connectivity index (χ1v) is 7.62. The van der Waals surface area contributed by atoms with Gasteiger partial charge in [0, 0.05) is 12.6 Å². The Morgan fingerprint density at radius 3 is 2.40 bits per heavy atom. The Morgan fingerprint density at radius 1 is 1.05 bits per heavy atom. The van der Waals surface area contributed by atoms with Gasteiger partial charge < -0.3 is 5.32 Å². The topological polar surface area (TPSA) is 12.0 Å². The molecule has 0 aromatic heterocycles. The molecular weight excluding hydrogens is 242 g/mol. The van der Waals surface area contributed by atoms with E-state index in [0.29, 0.717) is 6.04 Å². The van der Waals surface area contributed by atoms with Gasteiger partial charge in [-0.2, -0.15) is 0 Å². The van der Waals surface area contributed by atoms with Crippen molar-refractivity contribution in [3.05, 3.63) is 70.8 Å². The fourth-order valence-electron chi connectivity index (χ4n) is 2.78. The molecule has 0 amide bonds. The lowest BCUT2D eigenvalue weighted by atomic mass is 10.0. The zero-order valence-electron chi connectivity index (χ0n) is 12.4. The van der Waals surface area contributed by atoms with Crippen molar-refractivity contribution in [1.29, 1.82) is 0 Å². The van der Waals surface area contributed by atoms with Crippen molar-refractivity contribution < 1.29 is 0 Å². The molecular formula is C19H23N. The predicted molar refractivity (Wildman–Crippen MR) is 84.9 cm³/mol. The summed E-state index contributed by atoms with van der Waals surface area (Å²) in [4.78, 5) is 0. The van der Waals surface area contributed by atoms with Crippen LogP contribution in [0, 0.1) is 6.92 Å². The zero-order valence-corrected chi connectivity index (χ0v) is 12.4. The van der Waals surface area contributed by atoms with Crippen LogP contribution in [0.25, 0.3) is 0 Å². The average Bonchev–Trinajstić information content (AvgIpc) is 3.30. The number of nitrogens with one attached hydrogen (secondary N) is 1. The highest BCUT2D eigenvalue weighted by atomic mass is 14.9. The summed E-state index contributed by atoms with van der Waals surface area (Å²) in [5.74, 6) is 0.850. The molecule has 1 aliphatic rings. The molecule has 1 unspecified atom stereocenters. The van der Waals surface area contributed by atoms with E-state index in [9.17, 15) is 0 Å². The monoisotopic (exact) mass is 265 g/mol. The largest absolute Gasteiger partial charge is 0.306 e. The van der Waals surface area contributed by atoms with Crippen molar-refractivity contribution in [1.82, 2.24) is 5.32 Å². The Labute approximate surface area is 122 Å². The molecule has 0 spiro atoms. The van der Waals surface area contributed by atoms with Crippen molar-refractivity contribution in [2.75, 3.05) is 0 Å². The molecule has 0 radical (unpaired) electrons. The van der Waals surface area contributed by atoms with E-state index in [1.54, 1.807) is 0 Å². The Morgan fingerprint density at radius 2 is 1.75 bits per heavy atom. The number of rotatable bonds is 5. The minimum absolute atomic E-state index is 0.388. The summed E-state index contributed by atoms with van der Waals surface area (Å²) in [7, 11) is 0. The zero-order chi connectivity index (χ0) is 13.9. The van der Waals surface area contributed by atoms with Gasteiger partial charge in [-0.25, -0.2) is 0 Å². The van der Waals surface area contributed by atoms with Crippen LogP contribution in [0.4, 0.5) is 0 Å². The van der Waals surface area contributed by atoms with Gasteiger partial charge in [0.05, 0.1) is 0 Å². The summed E-state index contributed by atoms with van der Waals surface area (Å²) in [5, 5.41) is 3.62. The number of benzene rings is 2. The number of aryl methyl sites for hydroxylation is 1. The van der Waals surface area contributed by atoms with Crippen molar-refractivity contribution in [2.45, 2.75) is 45.2 Å². The van der Waals surface area contributed by atoms with Gasteiger partial charge in [0.15, 0.2) is 0 Å². The first-order chi connectivity index (χ1) is 9.74. The second kappa shape index (κ2) is 5.80. The molecule has 1 fully saturated rings. The lowest BCUT2D eigenvalue weighted by molar-refractivity contribution is 0.572. The van der Waals surface area contributed by atoms with Crippen molar-refractivity contribution in [2.24, 2.45) is 0 Å². The van der Waals surface area contributed by atoms with Gasteiger partial charge in [-0.3, -0.25) is 0 Å². The molecule has 2 aromatic carbocycles. The summed E-state index contributed by atoms with van der Waals surface area (Å²) in [6.07, 6.45) is 2.75. The molecule has 0 heterocycles. The maximum Gasteiger partial charge on any atom is 0.0297 e. The molecule has 1 atom stereocenters. The maximum absolute atomic E-state index is 3.62. The second-order valence-electron chi connectivity index (χ2n) is 5.98. The average molecular weight is 265 g/mol. The molecule has 1 heteroatoms. The molecule has 2 aromatic rings. The van der Waals surface area contributed by atoms with Gasteiger partial charge >= 0.3 is 0 Å². The Kier molecular flexibility index (Phi) is 3.88. The normalized spacial score (nSPS) is 16.1. The van der Waals surface area contributed by atoms with Crippen LogP contribution in [0.15, 0.2) is 48.5 Å². The molecule has 3 rings (SSSR count). The summed E-state index contributed by atoms with van der Waals surface area (Å²) in [5.41, 5.74) is 5.63. The first-order valence-electron chi connectivity index (χ1n) is 7.62. The summed E-state index contributed by atoms with van der Waals surface area (Å²) in [6.45, 7) is 5.35. The Balaban J connectivity index is 1.59. The molecule has 1 saturated carbocycles. The SMILES string of the molecule is Cc1ccccc1C(C)NCc1ccc(C2CC2)cc1. The van der Waals surface area contributed by atoms with Crippen LogP contribution in [-0.2, 0) is 6.54 Å². The second-order valence-corrected chi connectivity index (χ2v) is 5.98. The lowest BCUT2D eigenvalue weighted by Crippen LogP contribution is -2.18. The van der Waals surface area contributed by atoms with Crippen molar-refractivity contribution in [3.8, 4) is 0 Å². The van der Waals surface area contributed by atoms with Gasteiger partial charge in [-0.05, 0) is 54.9 Å². The van der Waals surface area contributed by atoms with E-state index in [0.717, 1.165) is 12.5 Å². The Hall–Kier alpha value is -1.60. The fourth-order valence-corrected chi connectivity index (χ4v) is 2.78. The van der Waals surface area contributed by atoms with Crippen molar-refractivity contribution in [3.63, 3.8) is 0 Å². The highest BCUT2D eigenvalue weighted by Crippen LogP contribution is 2.39. The van der Waals surface area contributed by atoms with E-state index in [4.69, 9.17) is 0 Å². The highest BCUT2D eigenvalue weighted by molar-refractivity contribution is 5.30.